The van der Waals surface area contributed by atoms with Gasteiger partial charge in [0.25, 0.3) is 0 Å². The predicted molar refractivity (Wildman–Crippen MR) is 91.3 cm³/mol. The van der Waals surface area contributed by atoms with Gasteiger partial charge in [-0.05, 0) is 49.9 Å². The van der Waals surface area contributed by atoms with E-state index in [1.165, 1.54) is 11.6 Å². The van der Waals surface area contributed by atoms with Crippen LogP contribution in [0.15, 0.2) is 45.8 Å². The van der Waals surface area contributed by atoms with Gasteiger partial charge in [0.15, 0.2) is 5.75 Å². The van der Waals surface area contributed by atoms with E-state index >= 15 is 0 Å². The largest absolute Gasteiger partial charge is 0.502 e. The molecule has 1 aliphatic heterocycles. The van der Waals surface area contributed by atoms with Gasteiger partial charge in [0.2, 0.25) is 5.43 Å². The molecule has 1 N–H and O–H groups in total. The van der Waals surface area contributed by atoms with Gasteiger partial charge in [0.05, 0.1) is 13.7 Å². The number of hydrogen-bond acceptors (Lipinski definition) is 5. The van der Waals surface area contributed by atoms with Gasteiger partial charge < -0.3 is 14.3 Å². The lowest BCUT2D eigenvalue weighted by molar-refractivity contribution is 0.164. The zero-order valence-corrected chi connectivity index (χ0v) is 13.9. The van der Waals surface area contributed by atoms with Crippen LogP contribution in [0.5, 0.6) is 11.5 Å². The molecule has 2 aromatic rings. The number of benzene rings is 1. The molecule has 0 aliphatic carbocycles. The van der Waals surface area contributed by atoms with E-state index in [0.717, 1.165) is 44.4 Å². The molecule has 1 saturated heterocycles. The Morgan fingerprint density at radius 2 is 2.04 bits per heavy atom. The van der Waals surface area contributed by atoms with Crippen LogP contribution in [0.25, 0.3) is 0 Å². The Hall–Kier alpha value is -2.27. The van der Waals surface area contributed by atoms with Gasteiger partial charge in [-0.25, -0.2) is 0 Å². The number of ether oxygens (including phenoxy) is 1. The van der Waals surface area contributed by atoms with Gasteiger partial charge >= 0.3 is 0 Å². The fraction of sp³-hybridized carbons (Fsp3) is 0.421. The van der Waals surface area contributed by atoms with E-state index in [1.54, 1.807) is 7.11 Å². The van der Waals surface area contributed by atoms with Crippen LogP contribution in [0.3, 0.4) is 0 Å². The number of aromatic hydroxyl groups is 1. The maximum atomic E-state index is 11.5. The molecule has 24 heavy (non-hydrogen) atoms. The molecule has 1 fully saturated rings. The maximum absolute atomic E-state index is 11.5. The quantitative estimate of drug-likeness (QED) is 0.914. The van der Waals surface area contributed by atoms with E-state index in [0.29, 0.717) is 18.2 Å². The minimum absolute atomic E-state index is 0.339. The summed E-state index contributed by atoms with van der Waals surface area (Å²) < 4.78 is 10.7. The minimum atomic E-state index is -0.387. The molecule has 0 spiro atoms. The van der Waals surface area contributed by atoms with Crippen molar-refractivity contribution in [2.24, 2.45) is 5.92 Å². The summed E-state index contributed by atoms with van der Waals surface area (Å²) in [6.45, 7) is 2.56. The third kappa shape index (κ3) is 3.97. The first-order valence-electron chi connectivity index (χ1n) is 8.30. The molecule has 1 aromatic heterocycles. The smallest absolute Gasteiger partial charge is 0.226 e. The van der Waals surface area contributed by atoms with Crippen molar-refractivity contribution in [3.05, 3.63) is 58.1 Å². The Labute approximate surface area is 141 Å². The zero-order valence-electron chi connectivity index (χ0n) is 13.9. The molecule has 5 heteroatoms. The first-order chi connectivity index (χ1) is 11.7. The van der Waals surface area contributed by atoms with Crippen molar-refractivity contribution >= 4 is 0 Å². The van der Waals surface area contributed by atoms with Gasteiger partial charge in [0, 0.05) is 6.07 Å². The standard InChI is InChI=1S/C19H23NO4/c1-23-19-5-3-2-4-15(19)10-14-6-8-20(9-7-14)12-16-11-17(21)18(22)13-24-16/h2-5,11,13-14,22H,6-10,12H2,1H3. The normalized spacial score (nSPS) is 16.2. The molecular weight excluding hydrogens is 306 g/mol. The van der Waals surface area contributed by atoms with Crippen LogP contribution in [0.1, 0.15) is 24.2 Å². The summed E-state index contributed by atoms with van der Waals surface area (Å²) in [5.41, 5.74) is 0.880. The molecule has 0 atom stereocenters. The highest BCUT2D eigenvalue weighted by atomic mass is 16.5. The second kappa shape index (κ2) is 7.53. The zero-order chi connectivity index (χ0) is 16.9. The van der Waals surface area contributed by atoms with Crippen LogP contribution in [-0.2, 0) is 13.0 Å². The molecule has 1 aromatic carbocycles. The van der Waals surface area contributed by atoms with Crippen molar-refractivity contribution in [2.75, 3.05) is 20.2 Å². The van der Waals surface area contributed by atoms with Crippen LogP contribution < -0.4 is 10.2 Å². The van der Waals surface area contributed by atoms with Crippen molar-refractivity contribution in [3.63, 3.8) is 0 Å². The molecule has 1 aliphatic rings. The van der Waals surface area contributed by atoms with E-state index in [2.05, 4.69) is 17.0 Å². The Balaban J connectivity index is 1.54. The number of methoxy groups -OCH3 is 1. The van der Waals surface area contributed by atoms with Crippen molar-refractivity contribution < 1.29 is 14.3 Å². The van der Waals surface area contributed by atoms with E-state index in [1.807, 2.05) is 12.1 Å². The van der Waals surface area contributed by atoms with Crippen LogP contribution in [-0.4, -0.2) is 30.2 Å². The Morgan fingerprint density at radius 1 is 1.29 bits per heavy atom. The highest BCUT2D eigenvalue weighted by molar-refractivity contribution is 5.33. The van der Waals surface area contributed by atoms with Crippen LogP contribution in [0.2, 0.25) is 0 Å². The van der Waals surface area contributed by atoms with E-state index in [-0.39, 0.29) is 11.2 Å². The average Bonchev–Trinajstić information content (AvgIpc) is 2.60. The molecule has 2 heterocycles. The lowest BCUT2D eigenvalue weighted by Gasteiger charge is -2.31. The summed E-state index contributed by atoms with van der Waals surface area (Å²) in [7, 11) is 1.72. The maximum Gasteiger partial charge on any atom is 0.226 e. The van der Waals surface area contributed by atoms with Gasteiger partial charge in [-0.15, -0.1) is 0 Å². The molecule has 5 nitrogen and oxygen atoms in total. The second-order valence-corrected chi connectivity index (χ2v) is 6.33. The number of rotatable bonds is 5. The number of likely N-dealkylation sites (tertiary alicyclic amines) is 1. The van der Waals surface area contributed by atoms with E-state index < -0.39 is 0 Å². The molecule has 0 radical (unpaired) electrons. The summed E-state index contributed by atoms with van der Waals surface area (Å²) >= 11 is 0. The van der Waals surface area contributed by atoms with Gasteiger partial charge in [0.1, 0.15) is 17.8 Å². The second-order valence-electron chi connectivity index (χ2n) is 6.33. The molecule has 0 unspecified atom stereocenters. The van der Waals surface area contributed by atoms with Crippen LogP contribution >= 0.6 is 0 Å². The van der Waals surface area contributed by atoms with Gasteiger partial charge in [-0.2, -0.15) is 0 Å². The topological polar surface area (TPSA) is 62.9 Å². The molecule has 0 saturated carbocycles. The fourth-order valence-electron chi connectivity index (χ4n) is 3.28. The predicted octanol–water partition coefficient (Wildman–Crippen LogP) is 2.81. The van der Waals surface area contributed by atoms with Crippen LogP contribution in [0, 0.1) is 5.92 Å². The fourth-order valence-corrected chi connectivity index (χ4v) is 3.28. The highest BCUT2D eigenvalue weighted by Gasteiger charge is 2.21. The SMILES string of the molecule is COc1ccccc1CC1CCN(Cc2cc(=O)c(O)co2)CC1. The number of para-hydroxylation sites is 1. The highest BCUT2D eigenvalue weighted by Crippen LogP contribution is 2.27. The summed E-state index contributed by atoms with van der Waals surface area (Å²) in [6.07, 6.45) is 4.37. The number of nitrogens with zero attached hydrogens (tertiary/aromatic N) is 1. The monoisotopic (exact) mass is 329 g/mol. The summed E-state index contributed by atoms with van der Waals surface area (Å²) in [4.78, 5) is 13.7. The number of piperidine rings is 1. The molecule has 3 rings (SSSR count). The third-order valence-electron chi connectivity index (χ3n) is 4.65. The average molecular weight is 329 g/mol. The lowest BCUT2D eigenvalue weighted by atomic mass is 9.90. The molecule has 128 valence electrons. The summed E-state index contributed by atoms with van der Waals surface area (Å²) in [6, 6.07) is 9.57. The number of hydrogen-bond donors (Lipinski definition) is 1. The van der Waals surface area contributed by atoms with E-state index in [9.17, 15) is 9.90 Å². The Bertz CT molecular complexity index is 732. The Morgan fingerprint density at radius 3 is 2.75 bits per heavy atom. The summed E-state index contributed by atoms with van der Waals surface area (Å²) in [5.74, 6) is 1.87. The van der Waals surface area contributed by atoms with Crippen molar-refractivity contribution in [1.82, 2.24) is 4.90 Å². The molecular formula is C19H23NO4. The van der Waals surface area contributed by atoms with Crippen molar-refractivity contribution in [1.29, 1.82) is 0 Å². The summed E-state index contributed by atoms with van der Waals surface area (Å²) in [5, 5.41) is 9.24. The molecule has 0 amide bonds. The lowest BCUT2D eigenvalue weighted by Crippen LogP contribution is -2.34. The van der Waals surface area contributed by atoms with E-state index in [4.69, 9.17) is 9.15 Å². The third-order valence-corrected chi connectivity index (χ3v) is 4.65. The van der Waals surface area contributed by atoms with Gasteiger partial charge in [-0.1, -0.05) is 18.2 Å². The van der Waals surface area contributed by atoms with Crippen molar-refractivity contribution in [3.8, 4) is 11.5 Å². The Kier molecular flexibility index (Phi) is 5.20. The first kappa shape index (κ1) is 16.6. The minimum Gasteiger partial charge on any atom is -0.502 e. The first-order valence-corrected chi connectivity index (χ1v) is 8.30. The van der Waals surface area contributed by atoms with Crippen molar-refractivity contribution in [2.45, 2.75) is 25.8 Å². The van der Waals surface area contributed by atoms with Gasteiger partial charge in [-0.3, -0.25) is 9.69 Å². The molecule has 0 bridgehead atoms. The van der Waals surface area contributed by atoms with Crippen LogP contribution in [0.4, 0.5) is 0 Å².